The molecule has 0 aliphatic carbocycles. The van der Waals surface area contributed by atoms with Crippen molar-refractivity contribution < 1.29 is 22.9 Å². The number of hydrogen-bond donors (Lipinski definition) is 0. The number of carbonyl (C=O) groups excluding carboxylic acids is 1. The highest BCUT2D eigenvalue weighted by atomic mass is 32.2. The van der Waals surface area contributed by atoms with Crippen LogP contribution in [0.1, 0.15) is 21.5 Å². The van der Waals surface area contributed by atoms with Crippen molar-refractivity contribution in [3.05, 3.63) is 65.2 Å². The first-order valence-electron chi connectivity index (χ1n) is 5.76. The number of rotatable bonds is 2. The minimum absolute atomic E-state index is 0.0607. The molecule has 0 aromatic heterocycles. The van der Waals surface area contributed by atoms with Gasteiger partial charge in [0.15, 0.2) is 0 Å². The summed E-state index contributed by atoms with van der Waals surface area (Å²) in [6.45, 7) is 0. The average Bonchev–Trinajstić information content (AvgIpc) is 2.45. The number of carboxylic acids is 1. The highest BCUT2D eigenvalue weighted by Crippen LogP contribution is 2.09. The monoisotopic (exact) mass is 300 g/mol. The Hall–Kier alpha value is -2.62. The lowest BCUT2D eigenvalue weighted by Crippen LogP contribution is -2.21. The Morgan fingerprint density at radius 2 is 1.29 bits per heavy atom. The van der Waals surface area contributed by atoms with Crippen molar-refractivity contribution >= 4 is 16.1 Å². The molecule has 0 N–H and O–H groups in total. The third-order valence-corrected chi connectivity index (χ3v) is 3.46. The lowest BCUT2D eigenvalue weighted by atomic mass is 10.1. The van der Waals surface area contributed by atoms with Crippen molar-refractivity contribution in [1.29, 1.82) is 0 Å². The lowest BCUT2D eigenvalue weighted by Gasteiger charge is -2.05. The highest BCUT2D eigenvalue weighted by Gasteiger charge is 1.99. The van der Waals surface area contributed by atoms with E-state index in [1.54, 1.807) is 0 Å². The molecule has 0 saturated carbocycles. The van der Waals surface area contributed by atoms with Gasteiger partial charge in [-0.1, -0.05) is 24.0 Å². The van der Waals surface area contributed by atoms with Gasteiger partial charge in [-0.2, -0.15) is 0 Å². The van der Waals surface area contributed by atoms with Crippen molar-refractivity contribution in [3.8, 4) is 11.8 Å². The summed E-state index contributed by atoms with van der Waals surface area (Å²) in [7, 11) is -4.46. The summed E-state index contributed by atoms with van der Waals surface area (Å²) in [5, 5.41) is 10.6. The van der Waals surface area contributed by atoms with Gasteiger partial charge >= 0.3 is 0 Å². The van der Waals surface area contributed by atoms with E-state index >= 15 is 0 Å². The van der Waals surface area contributed by atoms with Crippen molar-refractivity contribution in [1.82, 2.24) is 0 Å². The van der Waals surface area contributed by atoms with E-state index in [4.69, 9.17) is 0 Å². The largest absolute Gasteiger partial charge is 0.744 e. The molecule has 21 heavy (non-hydrogen) atoms. The maximum Gasteiger partial charge on any atom is 0.124 e. The zero-order valence-corrected chi connectivity index (χ0v) is 11.4. The molecule has 2 aromatic rings. The Kier molecular flexibility index (Phi) is 4.08. The Morgan fingerprint density at radius 1 is 0.857 bits per heavy atom. The Labute approximate surface area is 121 Å². The predicted molar refractivity (Wildman–Crippen MR) is 71.2 cm³/mol. The molecule has 5 nitrogen and oxygen atoms in total. The number of aromatic carboxylic acids is 1. The summed E-state index contributed by atoms with van der Waals surface area (Å²) in [6, 6.07) is 11.1. The number of carbonyl (C=O) groups is 1. The molecular weight excluding hydrogens is 292 g/mol. The second-order valence-electron chi connectivity index (χ2n) is 4.09. The Morgan fingerprint density at radius 3 is 1.67 bits per heavy atom. The van der Waals surface area contributed by atoms with Crippen molar-refractivity contribution in [2.75, 3.05) is 0 Å². The SMILES string of the molecule is O=C([O-])c1ccc(C#Cc2ccc(S(=O)(=O)[O-])cc2)cc1. The van der Waals surface area contributed by atoms with E-state index in [9.17, 15) is 22.9 Å². The minimum Gasteiger partial charge on any atom is -0.744 e. The first kappa shape index (κ1) is 14.8. The van der Waals surface area contributed by atoms with E-state index in [1.165, 1.54) is 48.5 Å². The Bertz CT molecular complexity index is 822. The van der Waals surface area contributed by atoms with Crippen LogP contribution in [0.25, 0.3) is 0 Å². The molecule has 0 spiro atoms. The van der Waals surface area contributed by atoms with Crippen LogP contribution in [0.3, 0.4) is 0 Å². The highest BCUT2D eigenvalue weighted by molar-refractivity contribution is 7.85. The molecule has 0 unspecified atom stereocenters. The van der Waals surface area contributed by atoms with Gasteiger partial charge in [0.2, 0.25) is 0 Å². The number of carboxylic acid groups (broad SMARTS) is 1. The molecule has 106 valence electrons. The van der Waals surface area contributed by atoms with Gasteiger partial charge in [-0.25, -0.2) is 8.42 Å². The Balaban J connectivity index is 2.21. The van der Waals surface area contributed by atoms with E-state index in [0.29, 0.717) is 11.1 Å². The molecule has 0 heterocycles. The predicted octanol–water partition coefficient (Wildman–Crippen LogP) is 0.354. The smallest absolute Gasteiger partial charge is 0.124 e. The molecule has 0 radical (unpaired) electrons. The summed E-state index contributed by atoms with van der Waals surface area (Å²) in [6.07, 6.45) is 0. The molecule has 0 atom stereocenters. The second kappa shape index (κ2) is 5.79. The van der Waals surface area contributed by atoms with Crippen LogP contribution >= 0.6 is 0 Å². The van der Waals surface area contributed by atoms with Crippen LogP contribution in [-0.4, -0.2) is 18.9 Å². The van der Waals surface area contributed by atoms with E-state index in [2.05, 4.69) is 11.8 Å². The van der Waals surface area contributed by atoms with Crippen LogP contribution in [0, 0.1) is 11.8 Å². The summed E-state index contributed by atoms with van der Waals surface area (Å²) in [4.78, 5) is 10.3. The topological polar surface area (TPSA) is 97.3 Å². The van der Waals surface area contributed by atoms with Gasteiger partial charge in [0.1, 0.15) is 10.1 Å². The van der Waals surface area contributed by atoms with Crippen molar-refractivity contribution in [2.45, 2.75) is 4.90 Å². The maximum absolute atomic E-state index is 10.8. The molecule has 0 saturated heterocycles. The quantitative estimate of drug-likeness (QED) is 0.589. The first-order chi connectivity index (χ1) is 9.86. The molecule has 2 aromatic carbocycles. The molecule has 0 aliphatic heterocycles. The van der Waals surface area contributed by atoms with Gasteiger partial charge in [-0.05, 0) is 42.0 Å². The summed E-state index contributed by atoms with van der Waals surface area (Å²) in [5.74, 6) is 4.31. The van der Waals surface area contributed by atoms with Gasteiger partial charge in [0, 0.05) is 11.1 Å². The zero-order chi connectivity index (χ0) is 15.5. The van der Waals surface area contributed by atoms with Crippen LogP contribution < -0.4 is 5.11 Å². The van der Waals surface area contributed by atoms with Crippen LogP contribution in [0.5, 0.6) is 0 Å². The van der Waals surface area contributed by atoms with Crippen LogP contribution in [0.15, 0.2) is 53.4 Å². The zero-order valence-electron chi connectivity index (χ0n) is 10.6. The second-order valence-corrected chi connectivity index (χ2v) is 5.47. The fraction of sp³-hybridized carbons (Fsp3) is 0. The third-order valence-electron chi connectivity index (χ3n) is 2.61. The van der Waals surface area contributed by atoms with Crippen molar-refractivity contribution in [3.63, 3.8) is 0 Å². The standard InChI is InChI=1S/C15H10O5S/c16-15(17)13-7-3-11(4-8-13)1-2-12-5-9-14(10-6-12)21(18,19)20/h3-10H,(H,16,17)(H,18,19,20)/p-2. The van der Waals surface area contributed by atoms with Gasteiger partial charge in [0.05, 0.1) is 10.9 Å². The molecule has 0 aliphatic rings. The number of hydrogen-bond acceptors (Lipinski definition) is 5. The van der Waals surface area contributed by atoms with Crippen LogP contribution in [0.4, 0.5) is 0 Å². The van der Waals surface area contributed by atoms with E-state index in [1.807, 2.05) is 0 Å². The van der Waals surface area contributed by atoms with Crippen LogP contribution in [-0.2, 0) is 10.1 Å². The minimum atomic E-state index is -4.46. The van der Waals surface area contributed by atoms with E-state index in [-0.39, 0.29) is 10.5 Å². The molecule has 0 fully saturated rings. The molecular formula is C15H8O5S-2. The molecule has 6 heteroatoms. The molecule has 0 amide bonds. The fourth-order valence-corrected chi connectivity index (χ4v) is 2.01. The van der Waals surface area contributed by atoms with Gasteiger partial charge < -0.3 is 14.5 Å². The molecule has 2 rings (SSSR count). The first-order valence-corrected chi connectivity index (χ1v) is 7.16. The van der Waals surface area contributed by atoms with Gasteiger partial charge in [-0.3, -0.25) is 0 Å². The molecule has 0 bridgehead atoms. The maximum atomic E-state index is 10.8. The van der Waals surface area contributed by atoms with Gasteiger partial charge in [-0.15, -0.1) is 0 Å². The summed E-state index contributed by atoms with van der Waals surface area (Å²) in [5.41, 5.74) is 1.19. The third kappa shape index (κ3) is 3.92. The lowest BCUT2D eigenvalue weighted by molar-refractivity contribution is -0.255. The van der Waals surface area contributed by atoms with E-state index in [0.717, 1.165) is 0 Å². The van der Waals surface area contributed by atoms with Gasteiger partial charge in [0.25, 0.3) is 0 Å². The van der Waals surface area contributed by atoms with Crippen molar-refractivity contribution in [2.24, 2.45) is 0 Å². The number of benzene rings is 2. The summed E-state index contributed by atoms with van der Waals surface area (Å²) < 4.78 is 32.3. The average molecular weight is 300 g/mol. The summed E-state index contributed by atoms with van der Waals surface area (Å²) >= 11 is 0. The fourth-order valence-electron chi connectivity index (χ4n) is 1.54. The normalized spacial score (nSPS) is 10.5. The van der Waals surface area contributed by atoms with E-state index < -0.39 is 16.1 Å². The van der Waals surface area contributed by atoms with Crippen LogP contribution in [0.2, 0.25) is 0 Å².